The van der Waals surface area contributed by atoms with Crippen LogP contribution in [0.5, 0.6) is 0 Å². The van der Waals surface area contributed by atoms with Crippen molar-refractivity contribution in [3.63, 3.8) is 0 Å². The van der Waals surface area contributed by atoms with Gasteiger partial charge in [0.05, 0.1) is 0 Å². The van der Waals surface area contributed by atoms with Crippen molar-refractivity contribution in [3.05, 3.63) is 70.2 Å². The van der Waals surface area contributed by atoms with Crippen molar-refractivity contribution in [3.8, 4) is 0 Å². The molecule has 0 heterocycles. The van der Waals surface area contributed by atoms with E-state index >= 15 is 0 Å². The highest BCUT2D eigenvalue weighted by molar-refractivity contribution is 6.30. The van der Waals surface area contributed by atoms with Gasteiger partial charge in [-0.15, -0.1) is 0 Å². The third-order valence-corrected chi connectivity index (χ3v) is 3.52. The molecule has 4 nitrogen and oxygen atoms in total. The van der Waals surface area contributed by atoms with E-state index in [0.29, 0.717) is 22.7 Å². The summed E-state index contributed by atoms with van der Waals surface area (Å²) in [5.74, 6) is -0.344. The predicted octanol–water partition coefficient (Wildman–Crippen LogP) is 3.80. The van der Waals surface area contributed by atoms with Crippen molar-refractivity contribution >= 4 is 23.4 Å². The zero-order valence-corrected chi connectivity index (χ0v) is 14.8. The molecule has 0 aliphatic heterocycles. The maximum atomic E-state index is 12.2. The summed E-state index contributed by atoms with van der Waals surface area (Å²) in [7, 11) is 0. The Balaban J connectivity index is 1.95. The van der Waals surface area contributed by atoms with E-state index < -0.39 is 0 Å². The van der Waals surface area contributed by atoms with Crippen molar-refractivity contribution in [2.45, 2.75) is 32.9 Å². The summed E-state index contributed by atoms with van der Waals surface area (Å²) in [6, 6.07) is 13.9. The standard InChI is InChI=1S/C19H21ClN2O2/c1-19(2,3)22-18(24)15-8-6-14(7-9-15)17(23)21-12-13-4-10-16(20)11-5-13/h4-11H,12H2,1-3H3,(H,21,23)(H,22,24). The average molecular weight is 345 g/mol. The Morgan fingerprint density at radius 2 is 1.38 bits per heavy atom. The highest BCUT2D eigenvalue weighted by Gasteiger charge is 2.15. The van der Waals surface area contributed by atoms with Crippen LogP contribution in [0.4, 0.5) is 0 Å². The van der Waals surface area contributed by atoms with Crippen molar-refractivity contribution in [2.24, 2.45) is 0 Å². The fourth-order valence-electron chi connectivity index (χ4n) is 2.07. The number of hydrogen-bond donors (Lipinski definition) is 2. The number of benzene rings is 2. The summed E-state index contributed by atoms with van der Waals surface area (Å²) in [6.45, 7) is 6.18. The van der Waals surface area contributed by atoms with Crippen molar-refractivity contribution in [2.75, 3.05) is 0 Å². The Morgan fingerprint density at radius 3 is 1.88 bits per heavy atom. The van der Waals surface area contributed by atoms with Crippen LogP contribution in [0.15, 0.2) is 48.5 Å². The summed E-state index contributed by atoms with van der Waals surface area (Å²) in [5.41, 5.74) is 1.70. The van der Waals surface area contributed by atoms with Gasteiger partial charge in [0.15, 0.2) is 0 Å². The molecular weight excluding hydrogens is 324 g/mol. The molecule has 2 rings (SSSR count). The summed E-state index contributed by atoms with van der Waals surface area (Å²) >= 11 is 5.83. The first kappa shape index (κ1) is 18.0. The van der Waals surface area contributed by atoms with Crippen LogP contribution in [0, 0.1) is 0 Å². The van der Waals surface area contributed by atoms with Gasteiger partial charge in [-0.25, -0.2) is 0 Å². The molecule has 24 heavy (non-hydrogen) atoms. The highest BCUT2D eigenvalue weighted by Crippen LogP contribution is 2.10. The Morgan fingerprint density at radius 1 is 0.875 bits per heavy atom. The van der Waals surface area contributed by atoms with Crippen molar-refractivity contribution < 1.29 is 9.59 Å². The smallest absolute Gasteiger partial charge is 0.251 e. The van der Waals surface area contributed by atoms with E-state index in [2.05, 4.69) is 10.6 Å². The summed E-state index contributed by atoms with van der Waals surface area (Å²) < 4.78 is 0. The molecule has 2 amide bonds. The van der Waals surface area contributed by atoms with Crippen LogP contribution in [0.3, 0.4) is 0 Å². The zero-order valence-electron chi connectivity index (χ0n) is 14.0. The van der Waals surface area contributed by atoms with E-state index in [1.165, 1.54) is 0 Å². The Labute approximate surface area is 147 Å². The summed E-state index contributed by atoms with van der Waals surface area (Å²) in [4.78, 5) is 24.2. The van der Waals surface area contributed by atoms with Crippen LogP contribution in [0.1, 0.15) is 47.1 Å². The van der Waals surface area contributed by atoms with Crippen LogP contribution >= 0.6 is 11.6 Å². The second kappa shape index (κ2) is 7.49. The van der Waals surface area contributed by atoms with Gasteiger partial charge in [0.25, 0.3) is 11.8 Å². The number of carbonyl (C=O) groups is 2. The highest BCUT2D eigenvalue weighted by atomic mass is 35.5. The fraction of sp³-hybridized carbons (Fsp3) is 0.263. The van der Waals surface area contributed by atoms with Gasteiger partial charge < -0.3 is 10.6 Å². The van der Waals surface area contributed by atoms with Crippen LogP contribution in [-0.2, 0) is 6.54 Å². The largest absolute Gasteiger partial charge is 0.348 e. The lowest BCUT2D eigenvalue weighted by molar-refractivity contribution is 0.0915. The molecule has 2 N–H and O–H groups in total. The van der Waals surface area contributed by atoms with E-state index in [4.69, 9.17) is 11.6 Å². The first-order chi connectivity index (χ1) is 11.2. The quantitative estimate of drug-likeness (QED) is 0.886. The van der Waals surface area contributed by atoms with Gasteiger partial charge in [-0.05, 0) is 62.7 Å². The maximum Gasteiger partial charge on any atom is 0.251 e. The summed E-state index contributed by atoms with van der Waals surface area (Å²) in [6.07, 6.45) is 0. The third kappa shape index (κ3) is 5.39. The molecule has 0 bridgehead atoms. The van der Waals surface area contributed by atoms with Gasteiger partial charge >= 0.3 is 0 Å². The second-order valence-corrected chi connectivity index (χ2v) is 7.03. The molecule has 0 radical (unpaired) electrons. The Kier molecular flexibility index (Phi) is 5.62. The molecule has 0 atom stereocenters. The second-order valence-electron chi connectivity index (χ2n) is 6.59. The molecule has 0 aromatic heterocycles. The molecule has 0 unspecified atom stereocenters. The lowest BCUT2D eigenvalue weighted by atomic mass is 10.1. The minimum absolute atomic E-state index is 0.157. The molecule has 0 saturated heterocycles. The Bertz CT molecular complexity index is 717. The molecule has 126 valence electrons. The molecule has 0 saturated carbocycles. The third-order valence-electron chi connectivity index (χ3n) is 3.26. The van der Waals surface area contributed by atoms with Crippen LogP contribution < -0.4 is 10.6 Å². The predicted molar refractivity (Wildman–Crippen MR) is 96.3 cm³/mol. The van der Waals surface area contributed by atoms with Crippen LogP contribution in [-0.4, -0.2) is 17.4 Å². The molecule has 2 aromatic rings. The molecule has 0 fully saturated rings. The summed E-state index contributed by atoms with van der Waals surface area (Å²) in [5, 5.41) is 6.39. The number of rotatable bonds is 4. The number of halogens is 1. The van der Waals surface area contributed by atoms with Crippen molar-refractivity contribution in [1.82, 2.24) is 10.6 Å². The van der Waals surface area contributed by atoms with E-state index in [1.54, 1.807) is 36.4 Å². The van der Waals surface area contributed by atoms with Crippen LogP contribution in [0.2, 0.25) is 5.02 Å². The number of carbonyl (C=O) groups excluding carboxylic acids is 2. The van der Waals surface area contributed by atoms with Crippen molar-refractivity contribution in [1.29, 1.82) is 0 Å². The van der Waals surface area contributed by atoms with Gasteiger partial charge in [-0.1, -0.05) is 23.7 Å². The van der Waals surface area contributed by atoms with Crippen LogP contribution in [0.25, 0.3) is 0 Å². The number of hydrogen-bond acceptors (Lipinski definition) is 2. The monoisotopic (exact) mass is 344 g/mol. The topological polar surface area (TPSA) is 58.2 Å². The minimum atomic E-state index is -0.300. The molecule has 5 heteroatoms. The van der Waals surface area contributed by atoms with Gasteiger partial charge in [0.1, 0.15) is 0 Å². The van der Waals surface area contributed by atoms with Gasteiger partial charge in [-0.2, -0.15) is 0 Å². The van der Waals surface area contributed by atoms with Gasteiger partial charge in [0.2, 0.25) is 0 Å². The Hall–Kier alpha value is -2.33. The molecule has 2 aromatic carbocycles. The van der Waals surface area contributed by atoms with E-state index in [1.807, 2.05) is 32.9 Å². The lowest BCUT2D eigenvalue weighted by Crippen LogP contribution is -2.40. The average Bonchev–Trinajstić information content (AvgIpc) is 2.52. The van der Waals surface area contributed by atoms with E-state index in [0.717, 1.165) is 5.56 Å². The normalized spacial score (nSPS) is 11.0. The first-order valence-corrected chi connectivity index (χ1v) is 8.08. The number of nitrogens with one attached hydrogen (secondary N) is 2. The first-order valence-electron chi connectivity index (χ1n) is 7.70. The molecule has 0 spiro atoms. The van der Waals surface area contributed by atoms with Gasteiger partial charge in [-0.3, -0.25) is 9.59 Å². The molecular formula is C19H21ClN2O2. The zero-order chi connectivity index (χ0) is 17.7. The molecule has 0 aliphatic carbocycles. The van der Waals surface area contributed by atoms with E-state index in [9.17, 15) is 9.59 Å². The maximum absolute atomic E-state index is 12.2. The van der Waals surface area contributed by atoms with Gasteiger partial charge in [0, 0.05) is 28.2 Å². The number of amides is 2. The fourth-order valence-corrected chi connectivity index (χ4v) is 2.20. The van der Waals surface area contributed by atoms with E-state index in [-0.39, 0.29) is 17.4 Å². The molecule has 0 aliphatic rings. The lowest BCUT2D eigenvalue weighted by Gasteiger charge is -2.20. The SMILES string of the molecule is CC(C)(C)NC(=O)c1ccc(C(=O)NCc2ccc(Cl)cc2)cc1. The minimum Gasteiger partial charge on any atom is -0.348 e.